The lowest BCUT2D eigenvalue weighted by atomic mass is 10.2. The van der Waals surface area contributed by atoms with Crippen molar-refractivity contribution in [1.82, 2.24) is 4.98 Å². The van der Waals surface area contributed by atoms with E-state index < -0.39 is 0 Å². The Bertz CT molecular complexity index is 508. The number of thiazole rings is 1. The number of hydrogen-bond donors (Lipinski definition) is 1. The summed E-state index contributed by atoms with van der Waals surface area (Å²) in [5.41, 5.74) is 5.49. The molecule has 2 aromatic rings. The van der Waals surface area contributed by atoms with Gasteiger partial charge in [0.25, 0.3) is 0 Å². The molecule has 1 aromatic heterocycles. The molecule has 2 rings (SSSR count). The molecular formula is C13H15BrN2S. The van der Waals surface area contributed by atoms with E-state index in [-0.39, 0.29) is 0 Å². The number of nitrogens with one attached hydrogen (secondary N) is 1. The summed E-state index contributed by atoms with van der Waals surface area (Å²) in [6.45, 7) is 5.10. The molecule has 0 saturated heterocycles. The zero-order valence-corrected chi connectivity index (χ0v) is 12.4. The van der Waals surface area contributed by atoms with Gasteiger partial charge in [0.15, 0.2) is 0 Å². The van der Waals surface area contributed by atoms with Crippen molar-refractivity contribution >= 4 is 33.0 Å². The number of anilines is 1. The van der Waals surface area contributed by atoms with Gasteiger partial charge in [-0.1, -0.05) is 6.07 Å². The Kier molecular flexibility index (Phi) is 4.18. The second kappa shape index (κ2) is 5.65. The summed E-state index contributed by atoms with van der Waals surface area (Å²) in [4.78, 5) is 5.62. The van der Waals surface area contributed by atoms with Crippen LogP contribution in [0.5, 0.6) is 0 Å². The summed E-state index contributed by atoms with van der Waals surface area (Å²) in [7, 11) is 0. The molecule has 1 heterocycles. The van der Waals surface area contributed by atoms with Crippen LogP contribution in [0.4, 0.5) is 5.69 Å². The minimum Gasteiger partial charge on any atom is -0.384 e. The highest BCUT2D eigenvalue weighted by molar-refractivity contribution is 9.10. The Labute approximate surface area is 114 Å². The first-order valence-electron chi connectivity index (χ1n) is 5.56. The molecular weight excluding hydrogens is 296 g/mol. The quantitative estimate of drug-likeness (QED) is 0.916. The number of rotatable bonds is 4. The van der Waals surface area contributed by atoms with Crippen LogP contribution in [0, 0.1) is 13.8 Å². The van der Waals surface area contributed by atoms with Crippen LogP contribution >= 0.6 is 27.3 Å². The molecule has 1 aromatic carbocycles. The summed E-state index contributed by atoms with van der Waals surface area (Å²) in [6, 6.07) is 6.34. The lowest BCUT2D eigenvalue weighted by Gasteiger charge is -2.09. The van der Waals surface area contributed by atoms with Crippen LogP contribution in [0.25, 0.3) is 0 Å². The van der Waals surface area contributed by atoms with Crippen molar-refractivity contribution in [2.45, 2.75) is 20.3 Å². The molecule has 0 radical (unpaired) electrons. The van der Waals surface area contributed by atoms with Crippen LogP contribution in [0.2, 0.25) is 0 Å². The molecule has 0 aliphatic carbocycles. The van der Waals surface area contributed by atoms with Gasteiger partial charge in [-0.15, -0.1) is 11.3 Å². The molecule has 0 aliphatic rings. The second-order valence-corrected chi connectivity index (χ2v) is 5.81. The monoisotopic (exact) mass is 310 g/mol. The largest absolute Gasteiger partial charge is 0.384 e. The maximum atomic E-state index is 4.26. The number of aromatic nitrogens is 1. The molecule has 1 N–H and O–H groups in total. The molecule has 0 bridgehead atoms. The van der Waals surface area contributed by atoms with Gasteiger partial charge in [-0.2, -0.15) is 0 Å². The third-order valence-corrected chi connectivity index (χ3v) is 4.32. The Morgan fingerprint density at radius 2 is 2.18 bits per heavy atom. The van der Waals surface area contributed by atoms with E-state index in [2.05, 4.69) is 58.3 Å². The number of halogens is 1. The van der Waals surface area contributed by atoms with E-state index >= 15 is 0 Å². The average molecular weight is 311 g/mol. The first kappa shape index (κ1) is 12.6. The predicted octanol–water partition coefficient (Wildman–Crippen LogP) is 4.18. The maximum Gasteiger partial charge on any atom is 0.0797 e. The highest BCUT2D eigenvalue weighted by atomic mass is 79.9. The molecule has 0 unspecified atom stereocenters. The van der Waals surface area contributed by atoms with E-state index in [1.165, 1.54) is 10.4 Å². The number of nitrogens with zero attached hydrogens (tertiary/aromatic N) is 1. The smallest absolute Gasteiger partial charge is 0.0797 e. The molecule has 17 heavy (non-hydrogen) atoms. The summed E-state index contributed by atoms with van der Waals surface area (Å²) >= 11 is 5.28. The average Bonchev–Trinajstić information content (AvgIpc) is 2.70. The third-order valence-electron chi connectivity index (χ3n) is 2.63. The van der Waals surface area contributed by atoms with E-state index in [9.17, 15) is 0 Å². The molecule has 2 nitrogen and oxygen atoms in total. The molecule has 0 fully saturated rings. The Morgan fingerprint density at radius 3 is 2.88 bits per heavy atom. The summed E-state index contributed by atoms with van der Waals surface area (Å²) in [5.74, 6) is 0. The molecule has 0 atom stereocenters. The van der Waals surface area contributed by atoms with E-state index in [4.69, 9.17) is 0 Å². The van der Waals surface area contributed by atoms with E-state index in [1.807, 2.05) is 5.51 Å². The van der Waals surface area contributed by atoms with Crippen LogP contribution in [0.1, 0.15) is 16.1 Å². The molecule has 90 valence electrons. The van der Waals surface area contributed by atoms with Crippen LogP contribution < -0.4 is 5.32 Å². The van der Waals surface area contributed by atoms with Crippen molar-refractivity contribution in [2.75, 3.05) is 11.9 Å². The third kappa shape index (κ3) is 3.30. The zero-order chi connectivity index (χ0) is 12.3. The molecule has 0 spiro atoms. The number of aryl methyl sites for hydroxylation is 2. The minimum atomic E-state index is 0.936. The predicted molar refractivity (Wildman–Crippen MR) is 77.9 cm³/mol. The van der Waals surface area contributed by atoms with Crippen molar-refractivity contribution in [1.29, 1.82) is 0 Å². The van der Waals surface area contributed by atoms with Gasteiger partial charge < -0.3 is 5.32 Å². The van der Waals surface area contributed by atoms with Crippen LogP contribution in [0.15, 0.2) is 28.2 Å². The summed E-state index contributed by atoms with van der Waals surface area (Å²) in [6.07, 6.45) is 1.02. The van der Waals surface area contributed by atoms with Crippen LogP contribution in [-0.4, -0.2) is 11.5 Å². The summed E-state index contributed by atoms with van der Waals surface area (Å²) < 4.78 is 1.11. The van der Waals surface area contributed by atoms with E-state index in [0.29, 0.717) is 0 Å². The minimum absolute atomic E-state index is 0.936. The van der Waals surface area contributed by atoms with E-state index in [1.54, 1.807) is 11.3 Å². The van der Waals surface area contributed by atoms with Crippen molar-refractivity contribution < 1.29 is 0 Å². The molecule has 4 heteroatoms. The lowest BCUT2D eigenvalue weighted by Crippen LogP contribution is -2.05. The normalized spacial score (nSPS) is 10.5. The van der Waals surface area contributed by atoms with Crippen molar-refractivity contribution in [3.63, 3.8) is 0 Å². The van der Waals surface area contributed by atoms with Gasteiger partial charge in [0.05, 0.1) is 11.2 Å². The maximum absolute atomic E-state index is 4.26. The van der Waals surface area contributed by atoms with Gasteiger partial charge in [0.2, 0.25) is 0 Å². The molecule has 0 saturated carbocycles. The van der Waals surface area contributed by atoms with Crippen molar-refractivity contribution in [3.05, 3.63) is 44.3 Å². The zero-order valence-electron chi connectivity index (χ0n) is 9.96. The fourth-order valence-electron chi connectivity index (χ4n) is 1.65. The summed E-state index contributed by atoms with van der Waals surface area (Å²) in [5, 5.41) is 3.45. The van der Waals surface area contributed by atoms with Gasteiger partial charge in [-0.25, -0.2) is 4.98 Å². The fraction of sp³-hybridized carbons (Fsp3) is 0.308. The Morgan fingerprint density at radius 1 is 1.35 bits per heavy atom. The highest BCUT2D eigenvalue weighted by Crippen LogP contribution is 2.23. The van der Waals surface area contributed by atoms with Gasteiger partial charge >= 0.3 is 0 Å². The number of hydrogen-bond acceptors (Lipinski definition) is 3. The van der Waals surface area contributed by atoms with Gasteiger partial charge in [-0.3, -0.25) is 0 Å². The first-order valence-corrected chi connectivity index (χ1v) is 7.23. The van der Waals surface area contributed by atoms with Gasteiger partial charge in [-0.05, 0) is 47.5 Å². The van der Waals surface area contributed by atoms with Crippen LogP contribution in [0.3, 0.4) is 0 Å². The van der Waals surface area contributed by atoms with Gasteiger partial charge in [0, 0.05) is 28.0 Å². The van der Waals surface area contributed by atoms with Crippen molar-refractivity contribution in [2.24, 2.45) is 0 Å². The topological polar surface area (TPSA) is 24.9 Å². The fourth-order valence-corrected chi connectivity index (χ4v) is 2.82. The van der Waals surface area contributed by atoms with Crippen LogP contribution in [-0.2, 0) is 6.42 Å². The van der Waals surface area contributed by atoms with Crippen molar-refractivity contribution in [3.8, 4) is 0 Å². The molecule has 0 amide bonds. The SMILES string of the molecule is Cc1ccc(Br)c(NCCc2scnc2C)c1. The first-order chi connectivity index (χ1) is 8.16. The Hall–Kier alpha value is -0.870. The number of benzene rings is 1. The molecule has 0 aliphatic heterocycles. The lowest BCUT2D eigenvalue weighted by molar-refractivity contribution is 1.02. The Balaban J connectivity index is 1.94. The second-order valence-electron chi connectivity index (χ2n) is 4.02. The standard InChI is InChI=1S/C13H15BrN2S/c1-9-3-4-11(14)12(7-9)15-6-5-13-10(2)16-8-17-13/h3-4,7-8,15H,5-6H2,1-2H3. The van der Waals surface area contributed by atoms with Gasteiger partial charge in [0.1, 0.15) is 0 Å². The van der Waals surface area contributed by atoms with E-state index in [0.717, 1.165) is 28.8 Å². The highest BCUT2D eigenvalue weighted by Gasteiger charge is 2.02.